The molecule has 0 radical (unpaired) electrons. The predicted molar refractivity (Wildman–Crippen MR) is 72.2 cm³/mol. The lowest BCUT2D eigenvalue weighted by Gasteiger charge is -2.15. The SMILES string of the molecule is CNC(=O)NC(=O)C(C)OC(=O)CCN1CCSC1=O. The Labute approximate surface area is 120 Å². The molecule has 2 N–H and O–H groups in total. The maximum Gasteiger partial charge on any atom is 0.321 e. The van der Waals surface area contributed by atoms with Gasteiger partial charge in [-0.15, -0.1) is 0 Å². The fraction of sp³-hybridized carbons (Fsp3) is 0.636. The molecule has 112 valence electrons. The van der Waals surface area contributed by atoms with E-state index in [-0.39, 0.29) is 18.2 Å². The Morgan fingerprint density at radius 2 is 2.15 bits per heavy atom. The Hall–Kier alpha value is -1.77. The van der Waals surface area contributed by atoms with Crippen LogP contribution in [0.2, 0.25) is 0 Å². The second-order valence-corrected chi connectivity index (χ2v) is 5.10. The van der Waals surface area contributed by atoms with Crippen LogP contribution in [0.15, 0.2) is 0 Å². The highest BCUT2D eigenvalue weighted by molar-refractivity contribution is 8.13. The third kappa shape index (κ3) is 5.08. The van der Waals surface area contributed by atoms with Crippen LogP contribution < -0.4 is 10.6 Å². The molecule has 0 aliphatic carbocycles. The normalized spacial score (nSPS) is 15.7. The number of nitrogens with one attached hydrogen (secondary N) is 2. The van der Waals surface area contributed by atoms with Crippen LogP contribution in [-0.2, 0) is 14.3 Å². The Morgan fingerprint density at radius 1 is 1.45 bits per heavy atom. The van der Waals surface area contributed by atoms with Gasteiger partial charge in [-0.3, -0.25) is 19.7 Å². The minimum atomic E-state index is -1.07. The summed E-state index contributed by atoms with van der Waals surface area (Å²) in [6.45, 7) is 2.25. The van der Waals surface area contributed by atoms with Crippen LogP contribution in [0, 0.1) is 0 Å². The zero-order valence-corrected chi connectivity index (χ0v) is 12.1. The number of rotatable bonds is 5. The van der Waals surface area contributed by atoms with E-state index >= 15 is 0 Å². The van der Waals surface area contributed by atoms with E-state index in [1.807, 2.05) is 5.32 Å². The second-order valence-electron chi connectivity index (χ2n) is 4.05. The van der Waals surface area contributed by atoms with Gasteiger partial charge in [0.25, 0.3) is 11.1 Å². The molecule has 0 spiro atoms. The van der Waals surface area contributed by atoms with Gasteiger partial charge < -0.3 is 15.0 Å². The summed E-state index contributed by atoms with van der Waals surface area (Å²) in [6.07, 6.45) is -1.05. The molecule has 1 atom stereocenters. The van der Waals surface area contributed by atoms with E-state index in [9.17, 15) is 19.2 Å². The molecule has 0 aromatic heterocycles. The number of ether oxygens (including phenoxy) is 1. The monoisotopic (exact) mass is 303 g/mol. The van der Waals surface area contributed by atoms with Crippen molar-refractivity contribution in [2.75, 3.05) is 25.9 Å². The first-order chi connectivity index (χ1) is 9.43. The summed E-state index contributed by atoms with van der Waals surface area (Å²) in [4.78, 5) is 46.7. The van der Waals surface area contributed by atoms with Crippen molar-refractivity contribution in [3.8, 4) is 0 Å². The molecule has 1 aliphatic rings. The van der Waals surface area contributed by atoms with Gasteiger partial charge in [0.2, 0.25) is 0 Å². The van der Waals surface area contributed by atoms with Gasteiger partial charge in [-0.05, 0) is 6.92 Å². The van der Waals surface area contributed by atoms with Gasteiger partial charge >= 0.3 is 12.0 Å². The van der Waals surface area contributed by atoms with Crippen molar-refractivity contribution < 1.29 is 23.9 Å². The third-order valence-corrected chi connectivity index (χ3v) is 3.46. The summed E-state index contributed by atoms with van der Waals surface area (Å²) in [5.74, 6) is -0.571. The largest absolute Gasteiger partial charge is 0.452 e. The number of hydrogen-bond acceptors (Lipinski definition) is 6. The Bertz CT molecular complexity index is 415. The van der Waals surface area contributed by atoms with Crippen LogP contribution in [-0.4, -0.2) is 60.0 Å². The van der Waals surface area contributed by atoms with Crippen molar-refractivity contribution in [2.45, 2.75) is 19.4 Å². The summed E-state index contributed by atoms with van der Waals surface area (Å²) < 4.78 is 4.88. The Balaban J connectivity index is 2.28. The van der Waals surface area contributed by atoms with Gasteiger partial charge in [0, 0.05) is 25.9 Å². The minimum absolute atomic E-state index is 0.0178. The van der Waals surface area contributed by atoms with Crippen LogP contribution in [0.4, 0.5) is 9.59 Å². The first-order valence-electron chi connectivity index (χ1n) is 6.07. The molecule has 1 unspecified atom stereocenters. The highest BCUT2D eigenvalue weighted by Crippen LogP contribution is 2.17. The summed E-state index contributed by atoms with van der Waals surface area (Å²) in [5, 5.41) is 4.17. The molecule has 1 aliphatic heterocycles. The number of imide groups is 1. The molecule has 0 bridgehead atoms. The van der Waals surface area contributed by atoms with Crippen LogP contribution in [0.25, 0.3) is 0 Å². The van der Waals surface area contributed by atoms with Crippen LogP contribution in [0.5, 0.6) is 0 Å². The standard InChI is InChI=1S/C11H17N3O5S/c1-7(9(16)13-10(17)12-2)19-8(15)3-4-14-5-6-20-11(14)18/h7H,3-6H2,1-2H3,(H2,12,13,16,17). The minimum Gasteiger partial charge on any atom is -0.452 e. The number of hydrogen-bond donors (Lipinski definition) is 2. The maximum absolute atomic E-state index is 11.5. The predicted octanol–water partition coefficient (Wildman–Crippen LogP) is -0.0674. The van der Waals surface area contributed by atoms with E-state index in [1.54, 1.807) is 4.90 Å². The van der Waals surface area contributed by atoms with Gasteiger partial charge in [0.15, 0.2) is 6.10 Å². The average Bonchev–Trinajstić information content (AvgIpc) is 2.81. The van der Waals surface area contributed by atoms with E-state index in [1.165, 1.54) is 25.7 Å². The molecule has 1 rings (SSSR count). The molecule has 1 fully saturated rings. The fourth-order valence-corrected chi connectivity index (χ4v) is 2.29. The third-order valence-electron chi connectivity index (χ3n) is 2.57. The highest BCUT2D eigenvalue weighted by Gasteiger charge is 2.23. The first-order valence-corrected chi connectivity index (χ1v) is 7.06. The van der Waals surface area contributed by atoms with Gasteiger partial charge in [-0.1, -0.05) is 11.8 Å². The van der Waals surface area contributed by atoms with Crippen molar-refractivity contribution in [2.24, 2.45) is 0 Å². The van der Waals surface area contributed by atoms with E-state index in [0.29, 0.717) is 6.54 Å². The molecule has 9 heteroatoms. The van der Waals surface area contributed by atoms with E-state index < -0.39 is 24.0 Å². The average molecular weight is 303 g/mol. The highest BCUT2D eigenvalue weighted by atomic mass is 32.2. The molecular formula is C11H17N3O5S. The number of amides is 4. The van der Waals surface area contributed by atoms with Gasteiger partial charge in [-0.25, -0.2) is 4.79 Å². The van der Waals surface area contributed by atoms with E-state index in [2.05, 4.69) is 5.32 Å². The zero-order valence-electron chi connectivity index (χ0n) is 11.3. The lowest BCUT2D eigenvalue weighted by atomic mass is 10.3. The molecule has 1 heterocycles. The smallest absolute Gasteiger partial charge is 0.321 e. The van der Waals surface area contributed by atoms with E-state index in [0.717, 1.165) is 5.75 Å². The lowest BCUT2D eigenvalue weighted by Crippen LogP contribution is -2.43. The van der Waals surface area contributed by atoms with Crippen LogP contribution >= 0.6 is 11.8 Å². The van der Waals surface area contributed by atoms with Gasteiger partial charge in [0.1, 0.15) is 0 Å². The molecule has 0 saturated carbocycles. The molecule has 0 aromatic carbocycles. The first kappa shape index (κ1) is 16.3. The molecule has 0 aromatic rings. The summed E-state index contributed by atoms with van der Waals surface area (Å²) in [5.41, 5.74) is 0. The number of carbonyl (C=O) groups excluding carboxylic acids is 4. The Morgan fingerprint density at radius 3 is 2.70 bits per heavy atom. The number of urea groups is 1. The molecule has 1 saturated heterocycles. The summed E-state index contributed by atoms with van der Waals surface area (Å²) >= 11 is 1.21. The fourth-order valence-electron chi connectivity index (χ4n) is 1.44. The van der Waals surface area contributed by atoms with Crippen LogP contribution in [0.3, 0.4) is 0 Å². The Kier molecular flexibility index (Phi) is 6.29. The number of thioether (sulfide) groups is 1. The lowest BCUT2D eigenvalue weighted by molar-refractivity contribution is -0.154. The van der Waals surface area contributed by atoms with Gasteiger partial charge in [0.05, 0.1) is 6.42 Å². The van der Waals surface area contributed by atoms with Crippen molar-refractivity contribution in [1.29, 1.82) is 0 Å². The zero-order chi connectivity index (χ0) is 15.1. The maximum atomic E-state index is 11.5. The van der Waals surface area contributed by atoms with Crippen LogP contribution in [0.1, 0.15) is 13.3 Å². The van der Waals surface area contributed by atoms with Crippen molar-refractivity contribution in [1.82, 2.24) is 15.5 Å². The molecule has 8 nitrogen and oxygen atoms in total. The second kappa shape index (κ2) is 7.73. The summed E-state index contributed by atoms with van der Waals surface area (Å²) in [6, 6.07) is -0.669. The number of nitrogens with zero attached hydrogens (tertiary/aromatic N) is 1. The van der Waals surface area contributed by atoms with Crippen molar-refractivity contribution in [3.05, 3.63) is 0 Å². The number of esters is 1. The topological polar surface area (TPSA) is 105 Å². The summed E-state index contributed by atoms with van der Waals surface area (Å²) in [7, 11) is 1.37. The molecule has 20 heavy (non-hydrogen) atoms. The quantitative estimate of drug-likeness (QED) is 0.689. The van der Waals surface area contributed by atoms with Gasteiger partial charge in [-0.2, -0.15) is 0 Å². The van der Waals surface area contributed by atoms with E-state index in [4.69, 9.17) is 4.74 Å². The number of carbonyl (C=O) groups is 4. The molecular weight excluding hydrogens is 286 g/mol. The molecule has 4 amide bonds. The van der Waals surface area contributed by atoms with Crippen molar-refractivity contribution in [3.63, 3.8) is 0 Å². The van der Waals surface area contributed by atoms with Crippen molar-refractivity contribution >= 4 is 34.9 Å².